The Hall–Kier alpha value is -0.259. The molecule has 0 saturated carbocycles. The van der Waals surface area contributed by atoms with Crippen molar-refractivity contribution in [3.8, 4) is 17.2 Å². The Balaban J connectivity index is 0.00000225. The maximum absolute atomic E-state index is 10.8. The average Bonchev–Trinajstić information content (AvgIpc) is 2.26. The quantitative estimate of drug-likeness (QED) is 0.514. The third-order valence-corrected chi connectivity index (χ3v) is 3.18. The molecule has 0 radical (unpaired) electrons. The van der Waals surface area contributed by atoms with Gasteiger partial charge < -0.3 is 23.2 Å². The van der Waals surface area contributed by atoms with E-state index < -0.39 is 5.97 Å². The molecular weight excluding hydrogens is 271 g/mol. The van der Waals surface area contributed by atoms with Gasteiger partial charge in [0.05, 0.1) is 5.97 Å². The van der Waals surface area contributed by atoms with Crippen LogP contribution in [-0.2, 0) is 0 Å². The van der Waals surface area contributed by atoms with E-state index in [9.17, 15) is 9.90 Å². The molecule has 0 aliphatic carbocycles. The predicted octanol–water partition coefficient (Wildman–Crippen LogP) is -6.97. The average molecular weight is 282 g/mol. The van der Waals surface area contributed by atoms with E-state index in [1.165, 1.54) is 6.07 Å². The zero-order chi connectivity index (χ0) is 11.4. The van der Waals surface area contributed by atoms with Gasteiger partial charge in [0.25, 0.3) is 0 Å². The van der Waals surface area contributed by atoms with Crippen LogP contribution in [0.1, 0.15) is 10.4 Å². The Bertz CT molecular complexity index is 387. The van der Waals surface area contributed by atoms with Crippen LogP contribution in [0.3, 0.4) is 0 Å². The number of hydrogen-bond donors (Lipinski definition) is 0. The summed E-state index contributed by atoms with van der Waals surface area (Å²) < 4.78 is 15.5. The van der Waals surface area contributed by atoms with E-state index in [2.05, 4.69) is 0 Å². The molecule has 5 nitrogen and oxygen atoms in total. The molecule has 0 aromatic heterocycles. The molecule has 0 amide bonds. The molecule has 0 fully saturated rings. The summed E-state index contributed by atoms with van der Waals surface area (Å²) in [6.07, 6.45) is 0. The maximum atomic E-state index is 10.8. The van der Waals surface area contributed by atoms with Gasteiger partial charge in [0, 0.05) is 5.56 Å². The van der Waals surface area contributed by atoms with Gasteiger partial charge in [-0.15, -0.1) is 0 Å². The Morgan fingerprint density at radius 2 is 1.62 bits per heavy atom. The van der Waals surface area contributed by atoms with Crippen LogP contribution in [0.2, 0.25) is 0 Å². The Morgan fingerprint density at radius 1 is 1.06 bits per heavy atom. The maximum Gasteiger partial charge on any atom is 1.00 e. The van der Waals surface area contributed by atoms with Crippen molar-refractivity contribution in [3.63, 3.8) is 0 Å². The first kappa shape index (κ1) is 15.7. The monoisotopic (exact) mass is 282 g/mol. The summed E-state index contributed by atoms with van der Waals surface area (Å²) in [4.78, 5) is 10.8. The van der Waals surface area contributed by atoms with Gasteiger partial charge in [-0.05, 0) is 12.1 Å². The fourth-order valence-electron chi connectivity index (χ4n) is 1.26. The molecule has 0 aliphatic heterocycles. The number of carbonyl (C=O) groups excluding carboxylic acids is 1. The van der Waals surface area contributed by atoms with Crippen LogP contribution in [0.15, 0.2) is 12.1 Å². The molecule has 0 spiro atoms. The second-order valence-electron chi connectivity index (χ2n) is 2.67. The summed E-state index contributed by atoms with van der Waals surface area (Å²) in [5, 5.41) is 10.8. The third kappa shape index (κ3) is 3.12. The summed E-state index contributed by atoms with van der Waals surface area (Å²) in [5.74, 6) is -0.174. The molecule has 0 unspecified atom stereocenters. The minimum absolute atomic E-state index is 0. The van der Waals surface area contributed by atoms with E-state index in [4.69, 9.17) is 13.3 Å². The molecular formula is C7H11NaO5Si3. The molecule has 82 valence electrons. The molecule has 1 aromatic carbocycles. The van der Waals surface area contributed by atoms with Crippen molar-refractivity contribution in [2.45, 2.75) is 0 Å². The van der Waals surface area contributed by atoms with Crippen LogP contribution >= 0.6 is 0 Å². The molecule has 0 bridgehead atoms. The molecule has 1 aromatic rings. The van der Waals surface area contributed by atoms with Crippen molar-refractivity contribution in [1.29, 1.82) is 0 Å². The van der Waals surface area contributed by atoms with Crippen molar-refractivity contribution < 1.29 is 52.7 Å². The Morgan fingerprint density at radius 3 is 2.00 bits per heavy atom. The van der Waals surface area contributed by atoms with E-state index in [1.807, 2.05) is 0 Å². The first-order chi connectivity index (χ1) is 7.15. The first-order valence-corrected chi connectivity index (χ1v) is 6.61. The number of hydrogen-bond acceptors (Lipinski definition) is 5. The van der Waals surface area contributed by atoms with E-state index in [-0.39, 0.29) is 40.9 Å². The fraction of sp³-hybridized carbons (Fsp3) is 0. The van der Waals surface area contributed by atoms with E-state index in [1.54, 1.807) is 6.07 Å². The topological polar surface area (TPSA) is 67.8 Å². The van der Waals surface area contributed by atoms with Crippen molar-refractivity contribution >= 4 is 37.4 Å². The van der Waals surface area contributed by atoms with Crippen LogP contribution in [0.5, 0.6) is 17.2 Å². The largest absolute Gasteiger partial charge is 1.00 e. The van der Waals surface area contributed by atoms with Crippen molar-refractivity contribution in [1.82, 2.24) is 0 Å². The summed E-state index contributed by atoms with van der Waals surface area (Å²) in [6, 6.07) is 2.95. The predicted molar refractivity (Wildman–Crippen MR) is 62.5 cm³/mol. The molecule has 0 heterocycles. The zero-order valence-electron chi connectivity index (χ0n) is 9.70. The smallest absolute Gasteiger partial charge is 0.551 e. The molecule has 0 N–H and O–H groups in total. The van der Waals surface area contributed by atoms with Gasteiger partial charge in [0.1, 0.15) is 5.75 Å². The standard InChI is InChI=1S/C7H12O5Si3.Na/c8-7(9)3-1-2-4(10-13)6(12-15)5(3)11-14;/h1-2H,13-15H3,(H,8,9);/q;+1/p-1. The molecule has 0 saturated heterocycles. The van der Waals surface area contributed by atoms with E-state index >= 15 is 0 Å². The van der Waals surface area contributed by atoms with E-state index in [0.29, 0.717) is 43.0 Å². The minimum atomic E-state index is -1.28. The van der Waals surface area contributed by atoms with Gasteiger partial charge in [0.2, 0.25) is 31.5 Å². The summed E-state index contributed by atoms with van der Waals surface area (Å²) in [5.41, 5.74) is -0.00156. The van der Waals surface area contributed by atoms with Crippen LogP contribution < -0.4 is 47.9 Å². The summed E-state index contributed by atoms with van der Waals surface area (Å²) >= 11 is 0. The molecule has 0 atom stereocenters. The van der Waals surface area contributed by atoms with Gasteiger partial charge in [-0.2, -0.15) is 0 Å². The second-order valence-corrected chi connectivity index (χ2v) is 3.89. The fourth-order valence-corrected chi connectivity index (χ4v) is 2.38. The van der Waals surface area contributed by atoms with Crippen LogP contribution in [-0.4, -0.2) is 37.4 Å². The van der Waals surface area contributed by atoms with Crippen molar-refractivity contribution in [2.24, 2.45) is 0 Å². The van der Waals surface area contributed by atoms with Gasteiger partial charge in [-0.3, -0.25) is 0 Å². The minimum Gasteiger partial charge on any atom is -0.551 e. The second kappa shape index (κ2) is 7.14. The number of carboxylic acid groups (broad SMARTS) is 1. The normalized spacial score (nSPS) is 9.50. The molecule has 9 heteroatoms. The summed E-state index contributed by atoms with van der Waals surface area (Å²) in [6.45, 7) is 0. The number of rotatable bonds is 4. The Kier molecular flexibility index (Phi) is 7.03. The van der Waals surface area contributed by atoms with Crippen LogP contribution in [0, 0.1) is 0 Å². The Labute approximate surface area is 124 Å². The zero-order valence-corrected chi connectivity index (χ0v) is 17.7. The number of carbonyl (C=O) groups is 1. The summed E-state index contributed by atoms with van der Waals surface area (Å²) in [7, 11) is 1.31. The number of benzene rings is 1. The van der Waals surface area contributed by atoms with Gasteiger partial charge in [-0.25, -0.2) is 0 Å². The molecule has 16 heavy (non-hydrogen) atoms. The van der Waals surface area contributed by atoms with Crippen molar-refractivity contribution in [3.05, 3.63) is 17.7 Å². The number of carboxylic acids is 1. The number of aromatic carboxylic acids is 1. The van der Waals surface area contributed by atoms with Crippen LogP contribution in [0.4, 0.5) is 0 Å². The van der Waals surface area contributed by atoms with Crippen molar-refractivity contribution in [2.75, 3.05) is 0 Å². The van der Waals surface area contributed by atoms with Gasteiger partial charge in [0.15, 0.2) is 11.5 Å². The molecule has 0 aliphatic rings. The van der Waals surface area contributed by atoms with Crippen LogP contribution in [0.25, 0.3) is 0 Å². The third-order valence-electron chi connectivity index (χ3n) is 1.92. The molecule has 1 rings (SSSR count). The van der Waals surface area contributed by atoms with Gasteiger partial charge >= 0.3 is 29.6 Å². The first-order valence-electron chi connectivity index (χ1n) is 4.16. The van der Waals surface area contributed by atoms with E-state index in [0.717, 1.165) is 0 Å². The SMILES string of the molecule is O=C([O-])c1ccc(O[SiH3])c(O[SiH3])c1O[SiH3].[Na+]. The van der Waals surface area contributed by atoms with Gasteiger partial charge in [-0.1, -0.05) is 0 Å².